The second kappa shape index (κ2) is 6.46. The Morgan fingerprint density at radius 3 is 2.00 bits per heavy atom. The summed E-state index contributed by atoms with van der Waals surface area (Å²) in [6.07, 6.45) is -3.80. The van der Waals surface area contributed by atoms with Gasteiger partial charge in [-0.1, -0.05) is 13.8 Å². The topological polar surface area (TPSA) is 57.6 Å². The number of hydrogen-bond acceptors (Lipinski definition) is 2. The van der Waals surface area contributed by atoms with Crippen molar-refractivity contribution in [1.82, 2.24) is 4.90 Å². The lowest BCUT2D eigenvalue weighted by atomic mass is 10.0. The van der Waals surface area contributed by atoms with Gasteiger partial charge in [0.25, 0.3) is 0 Å². The molecule has 0 saturated carbocycles. The van der Waals surface area contributed by atoms with Gasteiger partial charge in [0.05, 0.1) is 0 Å². The highest BCUT2D eigenvalue weighted by Gasteiger charge is 2.35. The lowest BCUT2D eigenvalue weighted by molar-refractivity contribution is -0.168. The van der Waals surface area contributed by atoms with Gasteiger partial charge in [0, 0.05) is 5.92 Å². The third-order valence-electron chi connectivity index (χ3n) is 2.34. The number of alkyl halides is 3. The molecule has 1 N–H and O–H groups in total. The predicted octanol–water partition coefficient (Wildman–Crippen LogP) is 1.90. The van der Waals surface area contributed by atoms with E-state index in [4.69, 9.17) is 5.11 Å². The molecule has 0 heterocycles. The van der Waals surface area contributed by atoms with Crippen molar-refractivity contribution in [3.8, 4) is 0 Å². The molecule has 0 aromatic heterocycles. The molecule has 4 nitrogen and oxygen atoms in total. The number of carboxylic acids is 1. The number of nitrogens with zero attached hydrogens (tertiary/aromatic N) is 1. The van der Waals surface area contributed by atoms with Crippen LogP contribution in [0.2, 0.25) is 0 Å². The number of hydrogen-bond donors (Lipinski definition) is 1. The van der Waals surface area contributed by atoms with Crippen molar-refractivity contribution in [1.29, 1.82) is 0 Å². The van der Waals surface area contributed by atoms with E-state index in [2.05, 4.69) is 0 Å². The van der Waals surface area contributed by atoms with E-state index < -0.39 is 37.1 Å². The number of halogens is 3. The van der Waals surface area contributed by atoms with E-state index in [0.29, 0.717) is 17.7 Å². The van der Waals surface area contributed by atoms with Gasteiger partial charge in [0.1, 0.15) is 13.1 Å². The van der Waals surface area contributed by atoms with Gasteiger partial charge in [0.2, 0.25) is 5.91 Å². The molecule has 0 unspecified atom stereocenters. The first-order valence-corrected chi connectivity index (χ1v) is 5.28. The van der Waals surface area contributed by atoms with Gasteiger partial charge in [-0.05, 0) is 12.8 Å². The van der Waals surface area contributed by atoms with Crippen molar-refractivity contribution in [3.05, 3.63) is 0 Å². The van der Waals surface area contributed by atoms with Crippen molar-refractivity contribution in [2.75, 3.05) is 13.1 Å². The van der Waals surface area contributed by atoms with Gasteiger partial charge in [-0.25, -0.2) is 0 Å². The van der Waals surface area contributed by atoms with Crippen molar-refractivity contribution in [2.45, 2.75) is 32.9 Å². The molecule has 0 aliphatic rings. The zero-order valence-electron chi connectivity index (χ0n) is 9.75. The van der Waals surface area contributed by atoms with E-state index in [0.717, 1.165) is 0 Å². The van der Waals surface area contributed by atoms with Crippen LogP contribution >= 0.6 is 0 Å². The molecule has 7 heteroatoms. The highest BCUT2D eigenvalue weighted by Crippen LogP contribution is 2.19. The summed E-state index contributed by atoms with van der Waals surface area (Å²) in [5.74, 6) is -2.76. The van der Waals surface area contributed by atoms with Crippen LogP contribution in [0.3, 0.4) is 0 Å². The number of carbonyl (C=O) groups excluding carboxylic acids is 1. The number of carboxylic acid groups (broad SMARTS) is 1. The quantitative estimate of drug-likeness (QED) is 0.788. The summed E-state index contributed by atoms with van der Waals surface area (Å²) >= 11 is 0. The maximum Gasteiger partial charge on any atom is 0.406 e. The van der Waals surface area contributed by atoms with Gasteiger partial charge >= 0.3 is 12.1 Å². The Kier molecular flexibility index (Phi) is 5.98. The van der Waals surface area contributed by atoms with E-state index in [1.54, 1.807) is 13.8 Å². The Bertz CT molecular complexity index is 274. The summed E-state index contributed by atoms with van der Waals surface area (Å²) in [6.45, 7) is 0.917. The lowest BCUT2D eigenvalue weighted by Crippen LogP contribution is -2.44. The summed E-state index contributed by atoms with van der Waals surface area (Å²) in [6, 6.07) is 0. The molecule has 1 amide bonds. The fraction of sp³-hybridized carbons (Fsp3) is 0.800. The van der Waals surface area contributed by atoms with Gasteiger partial charge in [-0.15, -0.1) is 0 Å². The molecule has 0 aliphatic heterocycles. The fourth-order valence-corrected chi connectivity index (χ4v) is 1.49. The standard InChI is InChI=1S/C10H16F3NO3/c1-3-7(4-2)9(17)14(5-8(15)16)6-10(11,12)13/h7H,3-6H2,1-2H3,(H,15,16). The van der Waals surface area contributed by atoms with E-state index in [9.17, 15) is 22.8 Å². The summed E-state index contributed by atoms with van der Waals surface area (Å²) in [5, 5.41) is 8.50. The Balaban J connectivity index is 4.78. The van der Waals surface area contributed by atoms with E-state index in [1.807, 2.05) is 0 Å². The molecule has 0 aromatic carbocycles. The average Bonchev–Trinajstić information content (AvgIpc) is 2.15. The zero-order chi connectivity index (χ0) is 13.6. The normalized spacial score (nSPS) is 11.6. The molecule has 0 aliphatic carbocycles. The number of amides is 1. The first-order chi connectivity index (χ1) is 7.71. The SMILES string of the molecule is CCC(CC)C(=O)N(CC(=O)O)CC(F)(F)F. The van der Waals surface area contributed by atoms with Crippen LogP contribution in [0, 0.1) is 5.92 Å². The molecule has 0 bridgehead atoms. The summed E-state index contributed by atoms with van der Waals surface area (Å²) in [5.41, 5.74) is 0. The smallest absolute Gasteiger partial charge is 0.406 e. The third kappa shape index (κ3) is 6.13. The molecule has 0 rings (SSSR count). The Hall–Kier alpha value is -1.27. The van der Waals surface area contributed by atoms with E-state index >= 15 is 0 Å². The summed E-state index contributed by atoms with van der Waals surface area (Å²) in [7, 11) is 0. The number of carbonyl (C=O) groups is 2. The minimum atomic E-state index is -4.59. The van der Waals surface area contributed by atoms with Crippen LogP contribution in [-0.2, 0) is 9.59 Å². The zero-order valence-corrected chi connectivity index (χ0v) is 9.75. The monoisotopic (exact) mass is 255 g/mol. The predicted molar refractivity (Wildman–Crippen MR) is 54.3 cm³/mol. The van der Waals surface area contributed by atoms with Crippen LogP contribution < -0.4 is 0 Å². The van der Waals surface area contributed by atoms with Crippen LogP contribution in [0.15, 0.2) is 0 Å². The molecule has 0 aromatic rings. The average molecular weight is 255 g/mol. The van der Waals surface area contributed by atoms with Crippen molar-refractivity contribution >= 4 is 11.9 Å². The molecular weight excluding hydrogens is 239 g/mol. The Morgan fingerprint density at radius 1 is 1.24 bits per heavy atom. The minimum Gasteiger partial charge on any atom is -0.480 e. The van der Waals surface area contributed by atoms with Crippen LogP contribution in [0.1, 0.15) is 26.7 Å². The lowest BCUT2D eigenvalue weighted by Gasteiger charge is -2.25. The van der Waals surface area contributed by atoms with E-state index in [1.165, 1.54) is 0 Å². The maximum absolute atomic E-state index is 12.2. The Labute approximate surface area is 97.4 Å². The third-order valence-corrected chi connectivity index (χ3v) is 2.34. The summed E-state index contributed by atoms with van der Waals surface area (Å²) in [4.78, 5) is 22.5. The second-order valence-electron chi connectivity index (χ2n) is 3.72. The maximum atomic E-state index is 12.2. The van der Waals surface area contributed by atoms with Gasteiger partial charge < -0.3 is 10.0 Å². The van der Waals surface area contributed by atoms with Crippen molar-refractivity contribution in [3.63, 3.8) is 0 Å². The summed E-state index contributed by atoms with van der Waals surface area (Å²) < 4.78 is 36.6. The van der Waals surface area contributed by atoms with Gasteiger partial charge in [-0.3, -0.25) is 9.59 Å². The van der Waals surface area contributed by atoms with Gasteiger partial charge in [-0.2, -0.15) is 13.2 Å². The second-order valence-corrected chi connectivity index (χ2v) is 3.72. The molecule has 0 fully saturated rings. The van der Waals surface area contributed by atoms with Crippen LogP contribution in [0.5, 0.6) is 0 Å². The molecule has 0 saturated heterocycles. The molecule has 0 radical (unpaired) electrons. The highest BCUT2D eigenvalue weighted by molar-refractivity contribution is 5.83. The van der Waals surface area contributed by atoms with Crippen molar-refractivity contribution in [2.24, 2.45) is 5.92 Å². The first kappa shape index (κ1) is 15.7. The molecule has 100 valence electrons. The van der Waals surface area contributed by atoms with E-state index in [-0.39, 0.29) is 0 Å². The highest BCUT2D eigenvalue weighted by atomic mass is 19.4. The minimum absolute atomic E-state index is 0.347. The molecular formula is C10H16F3NO3. The van der Waals surface area contributed by atoms with Crippen LogP contribution in [0.4, 0.5) is 13.2 Å². The molecule has 17 heavy (non-hydrogen) atoms. The fourth-order valence-electron chi connectivity index (χ4n) is 1.49. The first-order valence-electron chi connectivity index (χ1n) is 5.28. The van der Waals surface area contributed by atoms with Crippen LogP contribution in [-0.4, -0.2) is 41.1 Å². The molecule has 0 spiro atoms. The Morgan fingerprint density at radius 2 is 1.71 bits per heavy atom. The number of rotatable bonds is 6. The van der Waals surface area contributed by atoms with Crippen LogP contribution in [0.25, 0.3) is 0 Å². The van der Waals surface area contributed by atoms with Crippen molar-refractivity contribution < 1.29 is 27.9 Å². The number of aliphatic carboxylic acids is 1. The molecule has 0 atom stereocenters. The van der Waals surface area contributed by atoms with Gasteiger partial charge in [0.15, 0.2) is 0 Å². The largest absolute Gasteiger partial charge is 0.480 e.